The van der Waals surface area contributed by atoms with Crippen LogP contribution in [0.2, 0.25) is 5.02 Å². The van der Waals surface area contributed by atoms with Gasteiger partial charge in [0.15, 0.2) is 0 Å². The molecule has 6 heteroatoms. The van der Waals surface area contributed by atoms with Crippen LogP contribution in [0.4, 0.5) is 8.78 Å². The van der Waals surface area contributed by atoms with E-state index in [0.717, 1.165) is 5.69 Å². The first-order valence-electron chi connectivity index (χ1n) is 7.13. The molecule has 1 unspecified atom stereocenters. The molecule has 0 bridgehead atoms. The topological polar surface area (TPSA) is 29.9 Å². The van der Waals surface area contributed by atoms with Crippen LogP contribution in [0.1, 0.15) is 57.3 Å². The van der Waals surface area contributed by atoms with E-state index in [4.69, 9.17) is 11.6 Å². The molecule has 1 atom stereocenters. The molecule has 1 fully saturated rings. The highest BCUT2D eigenvalue weighted by atomic mass is 35.5. The Kier molecular flexibility index (Phi) is 4.69. The fourth-order valence-corrected chi connectivity index (χ4v) is 3.29. The number of hydrogen-bond donors (Lipinski definition) is 1. The molecule has 1 heterocycles. The fraction of sp³-hybridized carbons (Fsp3) is 0.786. The van der Waals surface area contributed by atoms with E-state index in [9.17, 15) is 8.78 Å². The molecule has 1 aromatic rings. The molecule has 1 N–H and O–H groups in total. The summed E-state index contributed by atoms with van der Waals surface area (Å²) < 4.78 is 28.5. The van der Waals surface area contributed by atoms with Gasteiger partial charge in [-0.3, -0.25) is 4.68 Å². The van der Waals surface area contributed by atoms with Gasteiger partial charge in [0.2, 0.25) is 5.92 Å². The van der Waals surface area contributed by atoms with E-state index in [1.807, 2.05) is 25.6 Å². The van der Waals surface area contributed by atoms with Crippen LogP contribution in [-0.2, 0) is 0 Å². The summed E-state index contributed by atoms with van der Waals surface area (Å²) in [4.78, 5) is 0. The van der Waals surface area contributed by atoms with E-state index < -0.39 is 5.92 Å². The van der Waals surface area contributed by atoms with Crippen LogP contribution in [0.25, 0.3) is 0 Å². The predicted octanol–water partition coefficient (Wildman–Crippen LogP) is 4.20. The minimum absolute atomic E-state index is 0.0245. The van der Waals surface area contributed by atoms with Gasteiger partial charge in [0.1, 0.15) is 0 Å². The second-order valence-electron chi connectivity index (χ2n) is 5.88. The molecule has 1 saturated carbocycles. The third kappa shape index (κ3) is 3.14. The number of hydrogen-bond acceptors (Lipinski definition) is 2. The lowest BCUT2D eigenvalue weighted by atomic mass is 9.81. The zero-order chi connectivity index (χ0) is 14.9. The average Bonchev–Trinajstić information content (AvgIpc) is 2.75. The first-order chi connectivity index (χ1) is 9.35. The van der Waals surface area contributed by atoms with Crippen molar-refractivity contribution in [3.8, 4) is 0 Å². The zero-order valence-electron chi connectivity index (χ0n) is 12.2. The summed E-state index contributed by atoms with van der Waals surface area (Å²) in [5.41, 5.74) is 0.916. The van der Waals surface area contributed by atoms with Crippen LogP contribution in [0.3, 0.4) is 0 Å². The molecule has 0 saturated heterocycles. The van der Waals surface area contributed by atoms with Crippen LogP contribution in [0.15, 0.2) is 6.20 Å². The molecule has 114 valence electrons. The largest absolute Gasteiger partial charge is 0.311 e. The molecule has 1 aliphatic carbocycles. The van der Waals surface area contributed by atoms with Crippen LogP contribution in [0, 0.1) is 5.92 Å². The summed E-state index contributed by atoms with van der Waals surface area (Å²) >= 11 is 6.27. The number of rotatable bonds is 4. The SMILES string of the molecule is CNC(c1c(Cl)cnn1C(C)C)C1CCC(F)(F)CC1. The van der Waals surface area contributed by atoms with Gasteiger partial charge in [-0.1, -0.05) is 11.6 Å². The Balaban J connectivity index is 2.23. The lowest BCUT2D eigenvalue weighted by Gasteiger charge is -2.34. The van der Waals surface area contributed by atoms with Crippen molar-refractivity contribution in [3.63, 3.8) is 0 Å². The Labute approximate surface area is 123 Å². The Bertz CT molecular complexity index is 449. The molecular weight excluding hydrogens is 284 g/mol. The van der Waals surface area contributed by atoms with Gasteiger partial charge in [-0.05, 0) is 39.7 Å². The molecule has 0 amide bonds. The van der Waals surface area contributed by atoms with Crippen molar-refractivity contribution >= 4 is 11.6 Å². The van der Waals surface area contributed by atoms with Crippen molar-refractivity contribution in [2.75, 3.05) is 7.05 Å². The Morgan fingerprint density at radius 2 is 2.00 bits per heavy atom. The third-order valence-corrected chi connectivity index (χ3v) is 4.41. The molecule has 0 radical (unpaired) electrons. The maximum atomic E-state index is 13.3. The third-order valence-electron chi connectivity index (χ3n) is 4.11. The van der Waals surface area contributed by atoms with Crippen LogP contribution < -0.4 is 5.32 Å². The first kappa shape index (κ1) is 15.7. The van der Waals surface area contributed by atoms with Gasteiger partial charge in [0, 0.05) is 18.9 Å². The summed E-state index contributed by atoms with van der Waals surface area (Å²) in [5.74, 6) is -2.33. The maximum Gasteiger partial charge on any atom is 0.248 e. The van der Waals surface area contributed by atoms with Gasteiger partial charge in [0.05, 0.1) is 23.0 Å². The Morgan fingerprint density at radius 1 is 1.40 bits per heavy atom. The van der Waals surface area contributed by atoms with Crippen molar-refractivity contribution in [2.45, 2.75) is 57.5 Å². The number of nitrogens with zero attached hydrogens (tertiary/aromatic N) is 2. The minimum Gasteiger partial charge on any atom is -0.311 e. The van der Waals surface area contributed by atoms with Crippen molar-refractivity contribution in [1.29, 1.82) is 0 Å². The van der Waals surface area contributed by atoms with Crippen molar-refractivity contribution in [2.24, 2.45) is 5.92 Å². The number of nitrogens with one attached hydrogen (secondary N) is 1. The van der Waals surface area contributed by atoms with E-state index in [-0.39, 0.29) is 30.8 Å². The van der Waals surface area contributed by atoms with Gasteiger partial charge in [-0.2, -0.15) is 5.10 Å². The van der Waals surface area contributed by atoms with E-state index >= 15 is 0 Å². The summed E-state index contributed by atoms with van der Waals surface area (Å²) in [6.45, 7) is 4.07. The van der Waals surface area contributed by atoms with Gasteiger partial charge in [0.25, 0.3) is 0 Å². The molecule has 20 heavy (non-hydrogen) atoms. The van der Waals surface area contributed by atoms with Crippen LogP contribution in [-0.4, -0.2) is 22.8 Å². The molecule has 3 nitrogen and oxygen atoms in total. The highest BCUT2D eigenvalue weighted by Crippen LogP contribution is 2.42. The van der Waals surface area contributed by atoms with Gasteiger partial charge in [-0.15, -0.1) is 0 Å². The minimum atomic E-state index is -2.50. The lowest BCUT2D eigenvalue weighted by Crippen LogP contribution is -2.34. The predicted molar refractivity (Wildman–Crippen MR) is 76.3 cm³/mol. The summed E-state index contributed by atoms with van der Waals surface area (Å²) in [7, 11) is 1.85. The molecule has 0 aliphatic heterocycles. The monoisotopic (exact) mass is 305 g/mol. The maximum absolute atomic E-state index is 13.3. The van der Waals surface area contributed by atoms with E-state index in [0.29, 0.717) is 17.9 Å². The second-order valence-corrected chi connectivity index (χ2v) is 6.28. The molecule has 1 aliphatic rings. The number of halogens is 3. The van der Waals surface area contributed by atoms with Gasteiger partial charge >= 0.3 is 0 Å². The molecule has 0 spiro atoms. The van der Waals surface area contributed by atoms with E-state index in [1.54, 1.807) is 6.20 Å². The Morgan fingerprint density at radius 3 is 2.50 bits per heavy atom. The zero-order valence-corrected chi connectivity index (χ0v) is 12.9. The van der Waals surface area contributed by atoms with E-state index in [2.05, 4.69) is 10.4 Å². The standard InChI is InChI=1S/C14H22ClF2N3/c1-9(2)20-13(11(15)8-19-20)12(18-3)10-4-6-14(16,17)7-5-10/h8-10,12,18H,4-7H2,1-3H3. The summed E-state index contributed by atoms with van der Waals surface area (Å²) in [6.07, 6.45) is 2.58. The molecular formula is C14H22ClF2N3. The molecule has 2 rings (SSSR count). The lowest BCUT2D eigenvalue weighted by molar-refractivity contribution is -0.0498. The van der Waals surface area contributed by atoms with E-state index in [1.165, 1.54) is 0 Å². The van der Waals surface area contributed by atoms with Crippen molar-refractivity contribution in [3.05, 3.63) is 16.9 Å². The molecule has 1 aromatic heterocycles. The second kappa shape index (κ2) is 5.98. The van der Waals surface area contributed by atoms with Crippen molar-refractivity contribution < 1.29 is 8.78 Å². The fourth-order valence-electron chi connectivity index (χ4n) is 3.04. The number of alkyl halides is 2. The smallest absolute Gasteiger partial charge is 0.248 e. The van der Waals surface area contributed by atoms with Crippen molar-refractivity contribution in [1.82, 2.24) is 15.1 Å². The summed E-state index contributed by atoms with van der Waals surface area (Å²) in [5, 5.41) is 8.16. The highest BCUT2D eigenvalue weighted by molar-refractivity contribution is 6.31. The summed E-state index contributed by atoms with van der Waals surface area (Å²) in [6, 6.07) is 0.168. The van der Waals surface area contributed by atoms with Gasteiger partial charge in [-0.25, -0.2) is 8.78 Å². The molecule has 0 aromatic carbocycles. The first-order valence-corrected chi connectivity index (χ1v) is 7.51. The number of aromatic nitrogens is 2. The Hall–Kier alpha value is -0.680. The highest BCUT2D eigenvalue weighted by Gasteiger charge is 2.39. The van der Waals surface area contributed by atoms with Crippen LogP contribution in [0.5, 0.6) is 0 Å². The quantitative estimate of drug-likeness (QED) is 0.903. The normalized spacial score (nSPS) is 21.4. The average molecular weight is 306 g/mol. The van der Waals surface area contributed by atoms with Gasteiger partial charge < -0.3 is 5.32 Å². The van der Waals surface area contributed by atoms with Crippen LogP contribution >= 0.6 is 11.6 Å².